The lowest BCUT2D eigenvalue weighted by atomic mass is 10.1. The van der Waals surface area contributed by atoms with E-state index < -0.39 is 11.8 Å². The number of anilines is 1. The monoisotopic (exact) mass is 379 g/mol. The standard InChI is InChI=1S/C19H21N7O2/c20-16(27)12-4-1-3-11(7-12)14-10-26-15(17(21)28)9-23-18(19(26)25-14)24-13-5-2-6-22-8-13/h1,3-4,7,9-10,13,22H,2,5-6,8H2,(H2,20,27)(H2,21,28)(H,23,24). The molecule has 2 aromatic heterocycles. The van der Waals surface area contributed by atoms with Crippen molar-refractivity contribution in [2.75, 3.05) is 18.4 Å². The Morgan fingerprint density at radius 3 is 2.82 bits per heavy atom. The number of amides is 2. The Morgan fingerprint density at radius 2 is 2.11 bits per heavy atom. The van der Waals surface area contributed by atoms with Crippen LogP contribution in [0.1, 0.15) is 33.7 Å². The number of aromatic nitrogens is 3. The summed E-state index contributed by atoms with van der Waals surface area (Å²) in [5.41, 5.74) is 13.3. The Bertz CT molecular complexity index is 1050. The molecule has 1 aromatic carbocycles. The van der Waals surface area contributed by atoms with Gasteiger partial charge in [-0.15, -0.1) is 0 Å². The van der Waals surface area contributed by atoms with Crippen LogP contribution in [-0.4, -0.2) is 45.3 Å². The number of carbonyl (C=O) groups excluding carboxylic acids is 2. The van der Waals surface area contributed by atoms with Gasteiger partial charge in [0, 0.05) is 29.9 Å². The van der Waals surface area contributed by atoms with Gasteiger partial charge in [0.05, 0.1) is 11.9 Å². The van der Waals surface area contributed by atoms with Crippen LogP contribution in [0.25, 0.3) is 16.9 Å². The second-order valence-electron chi connectivity index (χ2n) is 6.81. The number of hydrogen-bond donors (Lipinski definition) is 4. The predicted molar refractivity (Wildman–Crippen MR) is 105 cm³/mol. The minimum absolute atomic E-state index is 0.225. The lowest BCUT2D eigenvalue weighted by Crippen LogP contribution is -2.38. The van der Waals surface area contributed by atoms with Crippen molar-refractivity contribution in [2.45, 2.75) is 18.9 Å². The molecule has 3 aromatic rings. The van der Waals surface area contributed by atoms with Crippen LogP contribution in [0, 0.1) is 0 Å². The largest absolute Gasteiger partial charge is 0.366 e. The third kappa shape index (κ3) is 3.39. The molecule has 1 atom stereocenters. The Morgan fingerprint density at radius 1 is 1.25 bits per heavy atom. The molecule has 9 heteroatoms. The summed E-state index contributed by atoms with van der Waals surface area (Å²) in [6, 6.07) is 7.09. The molecule has 4 rings (SSSR count). The number of nitrogens with zero attached hydrogens (tertiary/aromatic N) is 3. The average Bonchev–Trinajstić information content (AvgIpc) is 3.14. The van der Waals surface area contributed by atoms with Gasteiger partial charge < -0.3 is 22.1 Å². The summed E-state index contributed by atoms with van der Waals surface area (Å²) < 4.78 is 1.63. The highest BCUT2D eigenvalue weighted by Crippen LogP contribution is 2.25. The van der Waals surface area contributed by atoms with Crippen LogP contribution in [-0.2, 0) is 0 Å². The van der Waals surface area contributed by atoms with E-state index >= 15 is 0 Å². The second-order valence-corrected chi connectivity index (χ2v) is 6.81. The zero-order chi connectivity index (χ0) is 19.7. The summed E-state index contributed by atoms with van der Waals surface area (Å²) >= 11 is 0. The van der Waals surface area contributed by atoms with Crippen LogP contribution in [0.15, 0.2) is 36.7 Å². The average molecular weight is 379 g/mol. The third-order valence-corrected chi connectivity index (χ3v) is 4.83. The van der Waals surface area contributed by atoms with E-state index in [4.69, 9.17) is 11.5 Å². The van der Waals surface area contributed by atoms with E-state index in [0.717, 1.165) is 25.9 Å². The third-order valence-electron chi connectivity index (χ3n) is 4.83. The number of piperidine rings is 1. The first-order valence-corrected chi connectivity index (χ1v) is 9.08. The van der Waals surface area contributed by atoms with Gasteiger partial charge in [-0.25, -0.2) is 9.97 Å². The fourth-order valence-corrected chi connectivity index (χ4v) is 3.40. The maximum Gasteiger partial charge on any atom is 0.267 e. The summed E-state index contributed by atoms with van der Waals surface area (Å²) in [5, 5.41) is 6.75. The van der Waals surface area contributed by atoms with Crippen LogP contribution < -0.4 is 22.1 Å². The minimum Gasteiger partial charge on any atom is -0.366 e. The van der Waals surface area contributed by atoms with Crippen molar-refractivity contribution in [3.8, 4) is 11.3 Å². The van der Waals surface area contributed by atoms with Gasteiger partial charge >= 0.3 is 0 Å². The molecule has 1 unspecified atom stereocenters. The Kier molecular flexibility index (Phi) is 4.66. The lowest BCUT2D eigenvalue weighted by Gasteiger charge is -2.24. The fourth-order valence-electron chi connectivity index (χ4n) is 3.40. The fraction of sp³-hybridized carbons (Fsp3) is 0.263. The van der Waals surface area contributed by atoms with Crippen molar-refractivity contribution in [2.24, 2.45) is 11.5 Å². The zero-order valence-corrected chi connectivity index (χ0v) is 15.2. The molecular weight excluding hydrogens is 358 g/mol. The SMILES string of the molecule is NC(=O)c1cccc(-c2cn3c(C(N)=O)cnc(NC4CCCNC4)c3n2)c1. The van der Waals surface area contributed by atoms with E-state index in [1.54, 1.807) is 28.8 Å². The Labute approximate surface area is 161 Å². The molecule has 6 N–H and O–H groups in total. The molecule has 1 fully saturated rings. The van der Waals surface area contributed by atoms with Gasteiger partial charge in [0.2, 0.25) is 5.91 Å². The summed E-state index contributed by atoms with van der Waals surface area (Å²) in [5.74, 6) is -0.536. The molecule has 3 heterocycles. The van der Waals surface area contributed by atoms with Crippen LogP contribution in [0.3, 0.4) is 0 Å². The van der Waals surface area contributed by atoms with Crippen molar-refractivity contribution in [1.29, 1.82) is 0 Å². The van der Waals surface area contributed by atoms with Crippen LogP contribution in [0.5, 0.6) is 0 Å². The van der Waals surface area contributed by atoms with E-state index in [9.17, 15) is 9.59 Å². The lowest BCUT2D eigenvalue weighted by molar-refractivity contribution is 0.0988. The molecule has 0 spiro atoms. The number of nitrogens with two attached hydrogens (primary N) is 2. The molecule has 2 amide bonds. The number of imidazole rings is 1. The quantitative estimate of drug-likeness (QED) is 0.516. The van der Waals surface area contributed by atoms with Crippen molar-refractivity contribution in [3.05, 3.63) is 47.9 Å². The highest BCUT2D eigenvalue weighted by Gasteiger charge is 2.19. The van der Waals surface area contributed by atoms with Crippen molar-refractivity contribution < 1.29 is 9.59 Å². The maximum absolute atomic E-state index is 11.8. The number of fused-ring (bicyclic) bond motifs is 1. The van der Waals surface area contributed by atoms with Crippen LogP contribution in [0.2, 0.25) is 0 Å². The molecule has 1 saturated heterocycles. The van der Waals surface area contributed by atoms with Gasteiger partial charge in [0.1, 0.15) is 5.69 Å². The molecule has 144 valence electrons. The van der Waals surface area contributed by atoms with Gasteiger partial charge in [0.25, 0.3) is 5.91 Å². The predicted octanol–water partition coefficient (Wildman–Crippen LogP) is 0.758. The molecule has 0 radical (unpaired) electrons. The topological polar surface area (TPSA) is 140 Å². The first-order chi connectivity index (χ1) is 13.5. The summed E-state index contributed by atoms with van der Waals surface area (Å²) in [6.45, 7) is 1.84. The van der Waals surface area contributed by atoms with E-state index in [1.807, 2.05) is 6.07 Å². The number of hydrogen-bond acceptors (Lipinski definition) is 6. The van der Waals surface area contributed by atoms with Crippen LogP contribution >= 0.6 is 0 Å². The van der Waals surface area contributed by atoms with E-state index in [-0.39, 0.29) is 11.7 Å². The highest BCUT2D eigenvalue weighted by atomic mass is 16.1. The Hall–Kier alpha value is -3.46. The molecule has 0 saturated carbocycles. The van der Waals surface area contributed by atoms with Gasteiger partial charge in [0.15, 0.2) is 11.5 Å². The molecule has 28 heavy (non-hydrogen) atoms. The second kappa shape index (κ2) is 7.28. The molecule has 1 aliphatic rings. The smallest absolute Gasteiger partial charge is 0.267 e. The highest BCUT2D eigenvalue weighted by molar-refractivity contribution is 5.94. The molecule has 9 nitrogen and oxygen atoms in total. The van der Waals surface area contributed by atoms with Gasteiger partial charge in [-0.3, -0.25) is 14.0 Å². The minimum atomic E-state index is -0.599. The van der Waals surface area contributed by atoms with Crippen molar-refractivity contribution >= 4 is 23.3 Å². The maximum atomic E-state index is 11.8. The summed E-state index contributed by atoms with van der Waals surface area (Å²) in [7, 11) is 0. The normalized spacial score (nSPS) is 16.8. The first kappa shape index (κ1) is 17.9. The van der Waals surface area contributed by atoms with E-state index in [0.29, 0.717) is 28.3 Å². The number of nitrogens with one attached hydrogen (secondary N) is 2. The molecule has 1 aliphatic heterocycles. The van der Waals surface area contributed by atoms with E-state index in [1.165, 1.54) is 6.20 Å². The first-order valence-electron chi connectivity index (χ1n) is 9.08. The summed E-state index contributed by atoms with van der Waals surface area (Å²) in [4.78, 5) is 32.4. The molecule has 0 bridgehead atoms. The van der Waals surface area contributed by atoms with Crippen LogP contribution in [0.4, 0.5) is 5.82 Å². The number of primary amides is 2. The van der Waals surface area contributed by atoms with Gasteiger partial charge in [-0.1, -0.05) is 12.1 Å². The number of benzene rings is 1. The van der Waals surface area contributed by atoms with Crippen molar-refractivity contribution in [3.63, 3.8) is 0 Å². The van der Waals surface area contributed by atoms with Gasteiger partial charge in [-0.05, 0) is 31.5 Å². The molecule has 0 aliphatic carbocycles. The number of carbonyl (C=O) groups is 2. The number of rotatable bonds is 5. The summed E-state index contributed by atoms with van der Waals surface area (Å²) in [6.07, 6.45) is 5.25. The molecular formula is C19H21N7O2. The van der Waals surface area contributed by atoms with E-state index in [2.05, 4.69) is 20.6 Å². The van der Waals surface area contributed by atoms with Gasteiger partial charge in [-0.2, -0.15) is 0 Å². The Balaban J connectivity index is 1.80. The zero-order valence-electron chi connectivity index (χ0n) is 15.2. The van der Waals surface area contributed by atoms with Crippen molar-refractivity contribution in [1.82, 2.24) is 19.7 Å².